The normalized spacial score (nSPS) is 13.6. The van der Waals surface area contributed by atoms with Crippen LogP contribution in [0.3, 0.4) is 0 Å². The fourth-order valence-electron chi connectivity index (χ4n) is 3.81. The van der Waals surface area contributed by atoms with E-state index in [1.165, 1.54) is 43.5 Å². The van der Waals surface area contributed by atoms with E-state index in [-0.39, 0.29) is 47.4 Å². The average Bonchev–Trinajstić information content (AvgIpc) is 3.53. The van der Waals surface area contributed by atoms with Crippen molar-refractivity contribution in [3.05, 3.63) is 87.2 Å². The maximum Gasteiger partial charge on any atom is 0.373 e. The molecule has 14 nitrogen and oxygen atoms in total. The van der Waals surface area contributed by atoms with Crippen molar-refractivity contribution < 1.29 is 47.1 Å². The number of nitro benzene ring substituents is 1. The summed E-state index contributed by atoms with van der Waals surface area (Å²) in [4.78, 5) is 61.3. The van der Waals surface area contributed by atoms with Crippen LogP contribution in [0.4, 0.5) is 20.6 Å². The molecule has 0 saturated carbocycles. The fourth-order valence-corrected chi connectivity index (χ4v) is 3.81. The lowest BCUT2D eigenvalue weighted by Crippen LogP contribution is -2.30. The van der Waals surface area contributed by atoms with Gasteiger partial charge in [0.05, 0.1) is 25.2 Å². The lowest BCUT2D eigenvalue weighted by molar-refractivity contribution is -0.385. The van der Waals surface area contributed by atoms with E-state index in [2.05, 4.69) is 15.4 Å². The summed E-state index contributed by atoms with van der Waals surface area (Å²) in [5.74, 6) is -3.04. The standard InChI is InChI=1S/C27H23FN4O10/c1-3-40-22-12-15(10-19-25(34)31(27(36)30-19)13-18-8-9-21(42-18)26(35)39-2)11-20(32(37)38)24(22)41-14-23(33)29-17-6-4-16(28)5-7-17/h4-12H,3,13-14H2,1-2H3,(H,29,33)(H,30,36)/b19-10-. The second-order valence-corrected chi connectivity index (χ2v) is 8.54. The Morgan fingerprint density at radius 2 is 1.88 bits per heavy atom. The molecule has 1 fully saturated rings. The molecule has 0 radical (unpaired) electrons. The van der Waals surface area contributed by atoms with Crippen molar-refractivity contribution in [1.82, 2.24) is 10.2 Å². The van der Waals surface area contributed by atoms with Gasteiger partial charge in [-0.15, -0.1) is 0 Å². The van der Waals surface area contributed by atoms with E-state index in [9.17, 15) is 33.7 Å². The second kappa shape index (κ2) is 12.6. The average molecular weight is 582 g/mol. The van der Waals surface area contributed by atoms with Crippen molar-refractivity contribution in [2.24, 2.45) is 0 Å². The Balaban J connectivity index is 1.54. The van der Waals surface area contributed by atoms with Gasteiger partial charge in [-0.05, 0) is 61.0 Å². The number of rotatable bonds is 11. The van der Waals surface area contributed by atoms with Crippen molar-refractivity contribution >= 4 is 41.3 Å². The monoisotopic (exact) mass is 582 g/mol. The summed E-state index contributed by atoms with van der Waals surface area (Å²) in [7, 11) is 1.17. The number of carbonyl (C=O) groups excluding carboxylic acids is 4. The van der Waals surface area contributed by atoms with Gasteiger partial charge in [-0.25, -0.2) is 14.0 Å². The topological polar surface area (TPSA) is 180 Å². The minimum absolute atomic E-state index is 0.0788. The van der Waals surface area contributed by atoms with Gasteiger partial charge in [0, 0.05) is 11.8 Å². The van der Waals surface area contributed by atoms with Gasteiger partial charge in [0.1, 0.15) is 17.3 Å². The molecule has 42 heavy (non-hydrogen) atoms. The molecule has 0 aliphatic carbocycles. The SMILES string of the molecule is CCOc1cc(/C=C2\NC(=O)N(Cc3ccc(C(=O)OC)o3)C2=O)cc([N+](=O)[O-])c1OCC(=O)Nc1ccc(F)cc1. The largest absolute Gasteiger partial charge is 0.490 e. The van der Waals surface area contributed by atoms with Crippen LogP contribution in [0.2, 0.25) is 0 Å². The summed E-state index contributed by atoms with van der Waals surface area (Å²) in [6.45, 7) is 0.777. The van der Waals surface area contributed by atoms with Crippen LogP contribution in [-0.4, -0.2) is 54.0 Å². The highest BCUT2D eigenvalue weighted by atomic mass is 19.1. The molecule has 0 bridgehead atoms. The Hall–Kier alpha value is -5.73. The maximum atomic E-state index is 13.1. The van der Waals surface area contributed by atoms with E-state index in [0.29, 0.717) is 5.69 Å². The van der Waals surface area contributed by atoms with Gasteiger partial charge >= 0.3 is 17.7 Å². The molecule has 0 atom stereocenters. The molecule has 15 heteroatoms. The number of hydrogen-bond acceptors (Lipinski definition) is 10. The molecule has 0 unspecified atom stereocenters. The van der Waals surface area contributed by atoms with Crippen LogP contribution in [0.25, 0.3) is 6.08 Å². The van der Waals surface area contributed by atoms with E-state index in [1.807, 2.05) is 0 Å². The number of nitrogens with zero attached hydrogens (tertiary/aromatic N) is 2. The number of benzene rings is 2. The van der Waals surface area contributed by atoms with Crippen LogP contribution >= 0.6 is 0 Å². The number of ether oxygens (including phenoxy) is 3. The van der Waals surface area contributed by atoms with Crippen LogP contribution in [0.15, 0.2) is 58.6 Å². The number of hydrogen-bond donors (Lipinski definition) is 2. The first kappa shape index (κ1) is 29.3. The van der Waals surface area contributed by atoms with Gasteiger partial charge in [-0.3, -0.25) is 24.6 Å². The lowest BCUT2D eigenvalue weighted by Gasteiger charge is -2.13. The Bertz CT molecular complexity index is 1580. The van der Waals surface area contributed by atoms with Gasteiger partial charge in [0.2, 0.25) is 11.5 Å². The summed E-state index contributed by atoms with van der Waals surface area (Å²) in [6.07, 6.45) is 1.21. The van der Waals surface area contributed by atoms with Crippen LogP contribution in [0.1, 0.15) is 28.8 Å². The number of nitrogens with one attached hydrogen (secondary N) is 2. The van der Waals surface area contributed by atoms with Crippen molar-refractivity contribution in [1.29, 1.82) is 0 Å². The Morgan fingerprint density at radius 1 is 1.14 bits per heavy atom. The first-order chi connectivity index (χ1) is 20.1. The lowest BCUT2D eigenvalue weighted by atomic mass is 10.1. The number of nitro groups is 1. The number of carbonyl (C=O) groups is 4. The van der Waals surface area contributed by atoms with Gasteiger partial charge < -0.3 is 29.3 Å². The third kappa shape index (κ3) is 6.70. The zero-order chi connectivity index (χ0) is 30.4. The first-order valence-electron chi connectivity index (χ1n) is 12.2. The van der Waals surface area contributed by atoms with E-state index in [4.69, 9.17) is 13.9 Å². The molecule has 4 rings (SSSR count). The third-order valence-corrected chi connectivity index (χ3v) is 5.67. The predicted molar refractivity (Wildman–Crippen MR) is 142 cm³/mol. The Labute approximate surface area is 236 Å². The van der Waals surface area contributed by atoms with E-state index in [0.717, 1.165) is 23.1 Å². The number of amides is 4. The van der Waals surface area contributed by atoms with Crippen LogP contribution in [-0.2, 0) is 20.9 Å². The molecule has 4 amide bonds. The highest BCUT2D eigenvalue weighted by molar-refractivity contribution is 6.14. The van der Waals surface area contributed by atoms with Crippen molar-refractivity contribution in [2.45, 2.75) is 13.5 Å². The van der Waals surface area contributed by atoms with Crippen LogP contribution < -0.4 is 20.1 Å². The molecule has 1 aromatic heterocycles. The van der Waals surface area contributed by atoms with Gasteiger partial charge in [-0.2, -0.15) is 0 Å². The van der Waals surface area contributed by atoms with Gasteiger partial charge in [0.25, 0.3) is 11.8 Å². The first-order valence-corrected chi connectivity index (χ1v) is 12.2. The van der Waals surface area contributed by atoms with Crippen LogP contribution in [0, 0.1) is 15.9 Å². The summed E-state index contributed by atoms with van der Waals surface area (Å²) < 4.78 is 33.9. The number of furan rings is 1. The minimum Gasteiger partial charge on any atom is -0.490 e. The molecule has 3 aromatic rings. The smallest absolute Gasteiger partial charge is 0.373 e. The second-order valence-electron chi connectivity index (χ2n) is 8.54. The fraction of sp³-hybridized carbons (Fsp3) is 0.185. The third-order valence-electron chi connectivity index (χ3n) is 5.67. The maximum absolute atomic E-state index is 13.1. The molecule has 1 aliphatic heterocycles. The number of urea groups is 1. The van der Waals surface area contributed by atoms with Gasteiger partial charge in [-0.1, -0.05) is 0 Å². The number of anilines is 1. The van der Waals surface area contributed by atoms with Crippen molar-refractivity contribution in [2.75, 3.05) is 25.6 Å². The molecular formula is C27H23FN4O10. The number of methoxy groups -OCH3 is 1. The van der Waals surface area contributed by atoms with E-state index in [1.54, 1.807) is 6.92 Å². The van der Waals surface area contributed by atoms with Gasteiger partial charge in [0.15, 0.2) is 12.4 Å². The highest BCUT2D eigenvalue weighted by Gasteiger charge is 2.35. The molecule has 0 spiro atoms. The van der Waals surface area contributed by atoms with Crippen LogP contribution in [0.5, 0.6) is 11.5 Å². The summed E-state index contributed by atoms with van der Waals surface area (Å²) >= 11 is 0. The highest BCUT2D eigenvalue weighted by Crippen LogP contribution is 2.39. The molecule has 2 heterocycles. The molecule has 2 N–H and O–H groups in total. The Kier molecular flexibility index (Phi) is 8.80. The molecule has 1 saturated heterocycles. The molecular weight excluding hydrogens is 559 g/mol. The number of imide groups is 1. The Morgan fingerprint density at radius 3 is 2.55 bits per heavy atom. The summed E-state index contributed by atoms with van der Waals surface area (Å²) in [5.41, 5.74) is -0.352. The summed E-state index contributed by atoms with van der Waals surface area (Å²) in [6, 6.07) is 9.35. The molecule has 1 aliphatic rings. The summed E-state index contributed by atoms with van der Waals surface area (Å²) in [5, 5.41) is 16.8. The zero-order valence-electron chi connectivity index (χ0n) is 22.2. The minimum atomic E-state index is -0.783. The van der Waals surface area contributed by atoms with E-state index < -0.39 is 46.8 Å². The predicted octanol–water partition coefficient (Wildman–Crippen LogP) is 3.62. The van der Waals surface area contributed by atoms with Crippen molar-refractivity contribution in [3.63, 3.8) is 0 Å². The quantitative estimate of drug-likeness (QED) is 0.111. The number of halogens is 1. The zero-order valence-corrected chi connectivity index (χ0v) is 22.2. The van der Waals surface area contributed by atoms with E-state index >= 15 is 0 Å². The number of esters is 1. The van der Waals surface area contributed by atoms with Crippen molar-refractivity contribution in [3.8, 4) is 11.5 Å². The molecule has 218 valence electrons. The molecule has 2 aromatic carbocycles.